The van der Waals surface area contributed by atoms with Gasteiger partial charge in [-0.2, -0.15) is 0 Å². The fourth-order valence-electron chi connectivity index (χ4n) is 4.60. The lowest BCUT2D eigenvalue weighted by Crippen LogP contribution is -2.52. The van der Waals surface area contributed by atoms with Gasteiger partial charge in [0.2, 0.25) is 5.91 Å². The van der Waals surface area contributed by atoms with Crippen LogP contribution in [0.5, 0.6) is 0 Å². The summed E-state index contributed by atoms with van der Waals surface area (Å²) < 4.78 is 30.2. The molecule has 0 radical (unpaired) electrons. The Labute approximate surface area is 213 Å². The highest BCUT2D eigenvalue weighted by Crippen LogP contribution is 2.27. The van der Waals surface area contributed by atoms with Gasteiger partial charge in [-0.3, -0.25) is 19.2 Å². The molecule has 0 spiro atoms. The van der Waals surface area contributed by atoms with E-state index >= 15 is 0 Å². The molecule has 3 amide bonds. The van der Waals surface area contributed by atoms with Gasteiger partial charge >= 0.3 is 0 Å². The molecular formula is C27H28F2N4O4. The molecule has 0 bridgehead atoms. The molecule has 1 saturated heterocycles. The van der Waals surface area contributed by atoms with Crippen LogP contribution in [-0.4, -0.2) is 82.0 Å². The molecular weight excluding hydrogens is 482 g/mol. The van der Waals surface area contributed by atoms with Gasteiger partial charge < -0.3 is 19.3 Å². The van der Waals surface area contributed by atoms with Gasteiger partial charge in [0.15, 0.2) is 0 Å². The number of nitrogens with zero attached hydrogens (tertiary/aromatic N) is 4. The van der Waals surface area contributed by atoms with E-state index in [2.05, 4.69) is 0 Å². The number of likely N-dealkylation sites (N-methyl/N-ethyl adjacent to an activating group) is 1. The first-order chi connectivity index (χ1) is 17.7. The zero-order valence-electron chi connectivity index (χ0n) is 20.7. The van der Waals surface area contributed by atoms with Crippen molar-refractivity contribution >= 4 is 34.4 Å². The van der Waals surface area contributed by atoms with Crippen LogP contribution in [-0.2, 0) is 16.1 Å². The summed E-state index contributed by atoms with van der Waals surface area (Å²) in [6.07, 6.45) is 1.24. The van der Waals surface area contributed by atoms with Crippen molar-refractivity contribution in [3.05, 3.63) is 71.4 Å². The molecule has 37 heavy (non-hydrogen) atoms. The Kier molecular flexibility index (Phi) is 7.66. The third-order valence-electron chi connectivity index (χ3n) is 6.63. The Morgan fingerprint density at radius 3 is 2.14 bits per heavy atom. The number of carbonyl (C=O) groups excluding carboxylic acids is 4. The number of aromatic nitrogens is 1. The quantitative estimate of drug-likeness (QED) is 0.362. The Balaban J connectivity index is 1.55. The Bertz CT molecular complexity index is 1340. The van der Waals surface area contributed by atoms with Crippen molar-refractivity contribution in [1.29, 1.82) is 0 Å². The number of amides is 3. The molecule has 8 nitrogen and oxygen atoms in total. The maximum atomic E-state index is 14.8. The van der Waals surface area contributed by atoms with Crippen molar-refractivity contribution in [1.82, 2.24) is 19.3 Å². The second-order valence-corrected chi connectivity index (χ2v) is 8.80. The Morgan fingerprint density at radius 1 is 0.892 bits per heavy atom. The Hall–Kier alpha value is -4.08. The molecule has 10 heteroatoms. The van der Waals surface area contributed by atoms with Gasteiger partial charge in [0.05, 0.1) is 11.1 Å². The van der Waals surface area contributed by atoms with Gasteiger partial charge in [0, 0.05) is 62.5 Å². The van der Waals surface area contributed by atoms with E-state index in [0.29, 0.717) is 24.7 Å². The van der Waals surface area contributed by atoms with Crippen molar-refractivity contribution in [2.75, 3.05) is 39.3 Å². The number of hydrogen-bond donors (Lipinski definition) is 0. The summed E-state index contributed by atoms with van der Waals surface area (Å²) in [4.78, 5) is 56.2. The van der Waals surface area contributed by atoms with Crippen LogP contribution in [0.2, 0.25) is 0 Å². The molecule has 0 aliphatic carbocycles. The molecule has 3 aromatic rings. The number of benzene rings is 2. The number of piperazine rings is 1. The molecule has 1 aliphatic rings. The molecule has 4 rings (SSSR count). The van der Waals surface area contributed by atoms with Gasteiger partial charge in [-0.15, -0.1) is 0 Å². The molecule has 0 N–H and O–H groups in total. The largest absolute Gasteiger partial charge is 0.342 e. The van der Waals surface area contributed by atoms with Crippen molar-refractivity contribution < 1.29 is 28.0 Å². The highest BCUT2D eigenvalue weighted by Gasteiger charge is 2.31. The van der Waals surface area contributed by atoms with Gasteiger partial charge in [-0.1, -0.05) is 18.2 Å². The summed E-state index contributed by atoms with van der Waals surface area (Å²) in [5, 5.41) is -0.204. The zero-order valence-corrected chi connectivity index (χ0v) is 20.7. The standard InChI is InChI=1S/C27H28F2N4O4/c1-3-30(4-2)23(34)17-33-16-20(24-21(29)14-19(28)15-22(24)33)25(35)27(37)32-12-10-31(11-13-32)26(36)18-8-6-5-7-9-18/h5-9,14-16H,3-4,10-13,17H2,1-2H3. The molecule has 194 valence electrons. The first kappa shape index (κ1) is 26.0. The number of fused-ring (bicyclic) bond motifs is 1. The third-order valence-corrected chi connectivity index (χ3v) is 6.63. The minimum Gasteiger partial charge on any atom is -0.342 e. The predicted molar refractivity (Wildman–Crippen MR) is 133 cm³/mol. The molecule has 1 aromatic heterocycles. The Morgan fingerprint density at radius 2 is 1.51 bits per heavy atom. The summed E-state index contributed by atoms with van der Waals surface area (Å²) in [5.41, 5.74) is 0.327. The third kappa shape index (κ3) is 5.23. The second-order valence-electron chi connectivity index (χ2n) is 8.80. The van der Waals surface area contributed by atoms with E-state index in [9.17, 15) is 28.0 Å². The summed E-state index contributed by atoms with van der Waals surface area (Å²) in [5.74, 6) is -4.08. The molecule has 0 saturated carbocycles. The van der Waals surface area contributed by atoms with Gasteiger partial charge in [-0.25, -0.2) is 8.78 Å². The number of Topliss-reactive ketones (excluding diaryl/α,β-unsaturated/α-hetero) is 1. The van der Waals surface area contributed by atoms with Gasteiger partial charge in [0.25, 0.3) is 17.6 Å². The molecule has 1 aliphatic heterocycles. The molecule has 0 unspecified atom stereocenters. The fourth-order valence-corrected chi connectivity index (χ4v) is 4.60. The fraction of sp³-hybridized carbons (Fsp3) is 0.333. The highest BCUT2D eigenvalue weighted by atomic mass is 19.1. The summed E-state index contributed by atoms with van der Waals surface area (Å²) in [7, 11) is 0. The van der Waals surface area contributed by atoms with Crippen LogP contribution in [0.25, 0.3) is 10.9 Å². The van der Waals surface area contributed by atoms with E-state index in [1.807, 2.05) is 19.9 Å². The van der Waals surface area contributed by atoms with Gasteiger partial charge in [-0.05, 0) is 32.0 Å². The average molecular weight is 511 g/mol. The van der Waals surface area contributed by atoms with E-state index < -0.39 is 23.3 Å². The number of rotatable bonds is 7. The van der Waals surface area contributed by atoms with Crippen LogP contribution < -0.4 is 0 Å². The average Bonchev–Trinajstić information content (AvgIpc) is 3.26. The lowest BCUT2D eigenvalue weighted by molar-refractivity contribution is -0.131. The minimum atomic E-state index is -0.988. The monoisotopic (exact) mass is 510 g/mol. The lowest BCUT2D eigenvalue weighted by Gasteiger charge is -2.34. The predicted octanol–water partition coefficient (Wildman–Crippen LogP) is 2.96. The number of ketones is 1. The first-order valence-electron chi connectivity index (χ1n) is 12.2. The SMILES string of the molecule is CCN(CC)C(=O)Cn1cc(C(=O)C(=O)N2CCN(C(=O)c3ccccc3)CC2)c2c(F)cc(F)cc21. The van der Waals surface area contributed by atoms with E-state index in [1.54, 1.807) is 34.1 Å². The van der Waals surface area contributed by atoms with E-state index in [0.717, 1.165) is 6.07 Å². The lowest BCUT2D eigenvalue weighted by atomic mass is 10.1. The number of hydrogen-bond acceptors (Lipinski definition) is 4. The van der Waals surface area contributed by atoms with Crippen molar-refractivity contribution in [3.8, 4) is 0 Å². The second kappa shape index (κ2) is 10.9. The van der Waals surface area contributed by atoms with Crippen LogP contribution in [0.4, 0.5) is 8.78 Å². The number of carbonyl (C=O) groups is 4. The topological polar surface area (TPSA) is 82.9 Å². The maximum absolute atomic E-state index is 14.8. The van der Waals surface area contributed by atoms with Crippen LogP contribution in [0.1, 0.15) is 34.6 Å². The minimum absolute atomic E-state index is 0.0208. The van der Waals surface area contributed by atoms with E-state index in [4.69, 9.17) is 0 Å². The smallest absolute Gasteiger partial charge is 0.295 e. The highest BCUT2D eigenvalue weighted by molar-refractivity contribution is 6.45. The van der Waals surface area contributed by atoms with Crippen LogP contribution in [0.15, 0.2) is 48.7 Å². The summed E-state index contributed by atoms with van der Waals surface area (Å²) >= 11 is 0. The number of halogens is 2. The molecule has 2 aromatic carbocycles. The van der Waals surface area contributed by atoms with Crippen LogP contribution in [0, 0.1) is 11.6 Å². The van der Waals surface area contributed by atoms with E-state index in [-0.39, 0.29) is 61.0 Å². The van der Waals surface area contributed by atoms with E-state index in [1.165, 1.54) is 15.7 Å². The van der Waals surface area contributed by atoms with Crippen molar-refractivity contribution in [2.24, 2.45) is 0 Å². The molecule has 1 fully saturated rings. The summed E-state index contributed by atoms with van der Waals surface area (Å²) in [6, 6.07) is 10.5. The van der Waals surface area contributed by atoms with Crippen LogP contribution in [0.3, 0.4) is 0 Å². The normalized spacial score (nSPS) is 13.6. The van der Waals surface area contributed by atoms with Crippen LogP contribution >= 0.6 is 0 Å². The molecule has 2 heterocycles. The zero-order chi connectivity index (χ0) is 26.7. The summed E-state index contributed by atoms with van der Waals surface area (Å²) in [6.45, 7) is 5.07. The maximum Gasteiger partial charge on any atom is 0.295 e. The van der Waals surface area contributed by atoms with Crippen molar-refractivity contribution in [2.45, 2.75) is 20.4 Å². The van der Waals surface area contributed by atoms with Crippen molar-refractivity contribution in [3.63, 3.8) is 0 Å². The van der Waals surface area contributed by atoms with Gasteiger partial charge in [0.1, 0.15) is 18.2 Å². The molecule has 0 atom stereocenters. The first-order valence-corrected chi connectivity index (χ1v) is 12.2.